The summed E-state index contributed by atoms with van der Waals surface area (Å²) in [5.41, 5.74) is 1.31. The van der Waals surface area contributed by atoms with Gasteiger partial charge in [-0.15, -0.1) is 0 Å². The molecule has 1 aliphatic heterocycles. The molecule has 0 saturated carbocycles. The van der Waals surface area contributed by atoms with Crippen LogP contribution >= 0.6 is 0 Å². The number of fused-ring (bicyclic) bond motifs is 1. The van der Waals surface area contributed by atoms with Crippen molar-refractivity contribution >= 4 is 11.6 Å². The van der Waals surface area contributed by atoms with Gasteiger partial charge >= 0.3 is 0 Å². The van der Waals surface area contributed by atoms with Gasteiger partial charge in [0.1, 0.15) is 0 Å². The Morgan fingerprint density at radius 2 is 1.78 bits per heavy atom. The van der Waals surface area contributed by atoms with Crippen molar-refractivity contribution in [2.45, 2.75) is 12.3 Å². The van der Waals surface area contributed by atoms with Crippen LogP contribution in [0.2, 0.25) is 0 Å². The van der Waals surface area contributed by atoms with E-state index in [0.717, 1.165) is 6.07 Å². The molecule has 0 radical (unpaired) electrons. The lowest BCUT2D eigenvalue weighted by Crippen LogP contribution is -2.24. The molecule has 120 valence electrons. The summed E-state index contributed by atoms with van der Waals surface area (Å²) in [6.45, 7) is 0. The highest BCUT2D eigenvalue weighted by Gasteiger charge is 2.30. The summed E-state index contributed by atoms with van der Waals surface area (Å²) in [5.74, 6) is -1.81. The molecule has 1 unspecified atom stereocenters. The Kier molecular flexibility index (Phi) is 3.90. The number of halogens is 2. The number of anilines is 1. The third-order valence-corrected chi connectivity index (χ3v) is 3.95. The largest absolute Gasteiger partial charge is 0.493 e. The smallest absolute Gasteiger partial charge is 0.225 e. The third-order valence-electron chi connectivity index (χ3n) is 3.95. The van der Waals surface area contributed by atoms with Crippen molar-refractivity contribution in [3.8, 4) is 11.5 Å². The van der Waals surface area contributed by atoms with Gasteiger partial charge in [-0.1, -0.05) is 12.1 Å². The molecule has 0 spiro atoms. The number of nitrogens with one attached hydrogen (secondary N) is 1. The van der Waals surface area contributed by atoms with Gasteiger partial charge in [-0.05, 0) is 23.3 Å². The third kappa shape index (κ3) is 2.60. The minimum Gasteiger partial charge on any atom is -0.493 e. The Balaban J connectivity index is 2.18. The Morgan fingerprint density at radius 1 is 1.09 bits per heavy atom. The van der Waals surface area contributed by atoms with E-state index in [4.69, 9.17) is 9.47 Å². The number of benzene rings is 2. The molecule has 2 aromatic carbocycles. The minimum atomic E-state index is -0.937. The van der Waals surface area contributed by atoms with Gasteiger partial charge in [-0.2, -0.15) is 0 Å². The molecule has 1 atom stereocenters. The summed E-state index contributed by atoms with van der Waals surface area (Å²) in [6.07, 6.45) is 0.0306. The molecule has 0 bridgehead atoms. The second kappa shape index (κ2) is 5.87. The van der Waals surface area contributed by atoms with Crippen molar-refractivity contribution in [2.75, 3.05) is 19.5 Å². The van der Waals surface area contributed by atoms with Gasteiger partial charge in [-0.25, -0.2) is 8.78 Å². The first-order valence-electron chi connectivity index (χ1n) is 7.04. The second-order valence-electron chi connectivity index (χ2n) is 5.24. The topological polar surface area (TPSA) is 47.6 Å². The zero-order valence-corrected chi connectivity index (χ0v) is 12.7. The van der Waals surface area contributed by atoms with E-state index in [-0.39, 0.29) is 17.9 Å². The van der Waals surface area contributed by atoms with Crippen LogP contribution in [0.1, 0.15) is 23.5 Å². The van der Waals surface area contributed by atoms with E-state index in [2.05, 4.69) is 5.32 Å². The molecule has 1 N–H and O–H groups in total. The molecular weight excluding hydrogens is 304 g/mol. The van der Waals surface area contributed by atoms with Crippen molar-refractivity contribution in [1.82, 2.24) is 0 Å². The Hall–Kier alpha value is -2.63. The lowest BCUT2D eigenvalue weighted by Gasteiger charge is -2.27. The monoisotopic (exact) mass is 319 g/mol. The number of methoxy groups -OCH3 is 2. The fraction of sp³-hybridized carbons (Fsp3) is 0.235. The quantitative estimate of drug-likeness (QED) is 0.942. The molecule has 23 heavy (non-hydrogen) atoms. The second-order valence-corrected chi connectivity index (χ2v) is 5.24. The van der Waals surface area contributed by atoms with Gasteiger partial charge in [0.05, 0.1) is 14.2 Å². The molecule has 0 fully saturated rings. The number of carbonyl (C=O) groups is 1. The fourth-order valence-corrected chi connectivity index (χ4v) is 2.85. The summed E-state index contributed by atoms with van der Waals surface area (Å²) in [5, 5.41) is 2.73. The lowest BCUT2D eigenvalue weighted by atomic mass is 9.84. The van der Waals surface area contributed by atoms with Crippen molar-refractivity contribution in [3.63, 3.8) is 0 Å². The Labute approximate surface area is 132 Å². The maximum atomic E-state index is 14.2. The number of rotatable bonds is 3. The van der Waals surface area contributed by atoms with E-state index in [1.165, 1.54) is 26.4 Å². The normalized spacial score (nSPS) is 16.5. The molecule has 1 amide bonds. The predicted molar refractivity (Wildman–Crippen MR) is 81.0 cm³/mol. The molecule has 0 aliphatic carbocycles. The minimum absolute atomic E-state index is 0.0306. The zero-order chi connectivity index (χ0) is 16.6. The van der Waals surface area contributed by atoms with Crippen LogP contribution in [-0.2, 0) is 4.79 Å². The number of hydrogen-bond donors (Lipinski definition) is 1. The van der Waals surface area contributed by atoms with Crippen LogP contribution in [0.25, 0.3) is 0 Å². The van der Waals surface area contributed by atoms with E-state index in [1.807, 2.05) is 0 Å². The molecule has 4 nitrogen and oxygen atoms in total. The van der Waals surface area contributed by atoms with Crippen molar-refractivity contribution in [3.05, 3.63) is 53.1 Å². The fourth-order valence-electron chi connectivity index (χ4n) is 2.85. The maximum Gasteiger partial charge on any atom is 0.225 e. The van der Waals surface area contributed by atoms with Crippen molar-refractivity contribution < 1.29 is 23.0 Å². The summed E-state index contributed by atoms with van der Waals surface area (Å²) in [7, 11) is 2.97. The van der Waals surface area contributed by atoms with E-state index in [0.29, 0.717) is 22.7 Å². The highest BCUT2D eigenvalue weighted by Crippen LogP contribution is 2.43. The standard InChI is InChI=1S/C17H15F2NO3/c1-22-14-6-11-10(9-4-3-5-12(18)17(9)19)7-16(21)20-13(11)8-15(14)23-2/h3-6,8,10H,7H2,1-2H3,(H,20,21). The number of carbonyl (C=O) groups excluding carboxylic acids is 1. The molecule has 2 aromatic rings. The molecule has 1 aliphatic rings. The summed E-state index contributed by atoms with van der Waals surface area (Å²) in [4.78, 5) is 12.0. The average molecular weight is 319 g/mol. The first kappa shape index (κ1) is 15.3. The summed E-state index contributed by atoms with van der Waals surface area (Å²) < 4.78 is 38.2. The molecule has 1 heterocycles. The molecule has 0 aromatic heterocycles. The van der Waals surface area contributed by atoms with Crippen LogP contribution in [-0.4, -0.2) is 20.1 Å². The molecule has 3 rings (SSSR count). The Bertz CT molecular complexity index is 777. The van der Waals surface area contributed by atoms with E-state index in [1.54, 1.807) is 12.1 Å². The zero-order valence-electron chi connectivity index (χ0n) is 12.7. The number of ether oxygens (including phenoxy) is 2. The van der Waals surface area contributed by atoms with Gasteiger partial charge in [-0.3, -0.25) is 4.79 Å². The maximum absolute atomic E-state index is 14.2. The van der Waals surface area contributed by atoms with Gasteiger partial charge < -0.3 is 14.8 Å². The van der Waals surface area contributed by atoms with E-state index < -0.39 is 17.6 Å². The van der Waals surface area contributed by atoms with Crippen LogP contribution < -0.4 is 14.8 Å². The summed E-state index contributed by atoms with van der Waals surface area (Å²) >= 11 is 0. The molecular formula is C17H15F2NO3. The number of hydrogen-bond acceptors (Lipinski definition) is 3. The van der Waals surface area contributed by atoms with E-state index >= 15 is 0 Å². The van der Waals surface area contributed by atoms with Gasteiger partial charge in [0.2, 0.25) is 5.91 Å². The van der Waals surface area contributed by atoms with Crippen molar-refractivity contribution in [2.24, 2.45) is 0 Å². The molecule has 0 saturated heterocycles. The van der Waals surface area contributed by atoms with Gasteiger partial charge in [0.25, 0.3) is 0 Å². The number of amides is 1. The van der Waals surface area contributed by atoms with Crippen LogP contribution in [0.3, 0.4) is 0 Å². The average Bonchev–Trinajstić information content (AvgIpc) is 2.55. The Morgan fingerprint density at radius 3 is 2.48 bits per heavy atom. The first-order chi connectivity index (χ1) is 11.0. The van der Waals surface area contributed by atoms with Crippen LogP contribution in [0.15, 0.2) is 30.3 Å². The SMILES string of the molecule is COc1cc2c(cc1OC)C(c1cccc(F)c1F)CC(=O)N2. The van der Waals surface area contributed by atoms with Crippen LogP contribution in [0, 0.1) is 11.6 Å². The van der Waals surface area contributed by atoms with Gasteiger partial charge in [0, 0.05) is 24.1 Å². The van der Waals surface area contributed by atoms with E-state index in [9.17, 15) is 13.6 Å². The highest BCUT2D eigenvalue weighted by atomic mass is 19.2. The first-order valence-corrected chi connectivity index (χ1v) is 7.04. The molecule has 6 heteroatoms. The van der Waals surface area contributed by atoms with Crippen molar-refractivity contribution in [1.29, 1.82) is 0 Å². The van der Waals surface area contributed by atoms with Crippen LogP contribution in [0.4, 0.5) is 14.5 Å². The van der Waals surface area contributed by atoms with Crippen LogP contribution in [0.5, 0.6) is 11.5 Å². The summed E-state index contributed by atoms with van der Waals surface area (Å²) in [6, 6.07) is 7.28. The predicted octanol–water partition coefficient (Wildman–Crippen LogP) is 3.46. The van der Waals surface area contributed by atoms with Gasteiger partial charge in [0.15, 0.2) is 23.1 Å². The lowest BCUT2D eigenvalue weighted by molar-refractivity contribution is -0.116. The highest BCUT2D eigenvalue weighted by molar-refractivity contribution is 5.96.